The standard InChI is InChI=1S/C11H11FN2O.ClH/c12-9-3-1-8-2-4-11(15)14(6-5-13)10(8)7-9;/h1-4,7H,5-6,13H2;1H. The van der Waals surface area contributed by atoms with E-state index in [0.29, 0.717) is 18.6 Å². The van der Waals surface area contributed by atoms with Crippen LogP contribution >= 0.6 is 12.4 Å². The summed E-state index contributed by atoms with van der Waals surface area (Å²) in [5.41, 5.74) is 5.84. The van der Waals surface area contributed by atoms with Crippen molar-refractivity contribution in [2.45, 2.75) is 6.54 Å². The Morgan fingerprint density at radius 3 is 2.62 bits per heavy atom. The Morgan fingerprint density at radius 2 is 1.94 bits per heavy atom. The van der Waals surface area contributed by atoms with Crippen LogP contribution in [0.15, 0.2) is 35.1 Å². The zero-order chi connectivity index (χ0) is 10.8. The van der Waals surface area contributed by atoms with Crippen molar-refractivity contribution in [2.24, 2.45) is 5.73 Å². The summed E-state index contributed by atoms with van der Waals surface area (Å²) < 4.78 is 14.5. The number of fused-ring (bicyclic) bond motifs is 1. The van der Waals surface area contributed by atoms with Gasteiger partial charge in [-0.25, -0.2) is 4.39 Å². The molecule has 86 valence electrons. The lowest BCUT2D eigenvalue weighted by molar-refractivity contribution is 0.626. The Hall–Kier alpha value is -1.39. The number of benzene rings is 1. The minimum Gasteiger partial charge on any atom is -0.329 e. The molecule has 1 heterocycles. The summed E-state index contributed by atoms with van der Waals surface area (Å²) in [7, 11) is 0. The zero-order valence-corrected chi connectivity index (χ0v) is 9.34. The molecule has 0 aliphatic rings. The van der Waals surface area contributed by atoms with E-state index in [9.17, 15) is 9.18 Å². The summed E-state index contributed by atoms with van der Waals surface area (Å²) in [5.74, 6) is -0.348. The van der Waals surface area contributed by atoms with Gasteiger partial charge in [0.25, 0.3) is 5.56 Å². The number of nitrogens with two attached hydrogens (primary N) is 1. The van der Waals surface area contributed by atoms with E-state index in [1.807, 2.05) is 0 Å². The first-order valence-corrected chi connectivity index (χ1v) is 4.71. The van der Waals surface area contributed by atoms with E-state index in [-0.39, 0.29) is 23.8 Å². The number of halogens is 2. The highest BCUT2D eigenvalue weighted by Crippen LogP contribution is 2.13. The Balaban J connectivity index is 0.00000128. The first-order chi connectivity index (χ1) is 7.22. The van der Waals surface area contributed by atoms with E-state index in [2.05, 4.69) is 0 Å². The molecule has 5 heteroatoms. The Labute approximate surface area is 98.1 Å². The van der Waals surface area contributed by atoms with Crippen LogP contribution in [-0.2, 0) is 6.54 Å². The van der Waals surface area contributed by atoms with Crippen LogP contribution in [0.3, 0.4) is 0 Å². The largest absolute Gasteiger partial charge is 0.329 e. The van der Waals surface area contributed by atoms with Crippen molar-refractivity contribution < 1.29 is 4.39 Å². The van der Waals surface area contributed by atoms with Gasteiger partial charge in [0.1, 0.15) is 5.82 Å². The van der Waals surface area contributed by atoms with Crippen LogP contribution in [0.25, 0.3) is 10.9 Å². The van der Waals surface area contributed by atoms with Crippen molar-refractivity contribution in [1.82, 2.24) is 4.57 Å². The molecule has 1 aromatic carbocycles. The minimum atomic E-state index is -0.348. The average molecular weight is 243 g/mol. The second-order valence-electron chi connectivity index (χ2n) is 3.32. The third kappa shape index (κ3) is 2.23. The minimum absolute atomic E-state index is 0. The Bertz CT molecular complexity index is 553. The molecule has 0 bridgehead atoms. The van der Waals surface area contributed by atoms with Crippen LogP contribution in [0.4, 0.5) is 4.39 Å². The summed E-state index contributed by atoms with van der Waals surface area (Å²) in [6.45, 7) is 0.759. The maximum Gasteiger partial charge on any atom is 0.251 e. The highest BCUT2D eigenvalue weighted by atomic mass is 35.5. The highest BCUT2D eigenvalue weighted by Gasteiger charge is 2.02. The number of rotatable bonds is 2. The fourth-order valence-corrected chi connectivity index (χ4v) is 1.62. The van der Waals surface area contributed by atoms with Gasteiger partial charge in [0.2, 0.25) is 0 Å². The third-order valence-electron chi connectivity index (χ3n) is 2.31. The van der Waals surface area contributed by atoms with E-state index in [4.69, 9.17) is 5.73 Å². The fourth-order valence-electron chi connectivity index (χ4n) is 1.62. The molecule has 0 radical (unpaired) electrons. The summed E-state index contributed by atoms with van der Waals surface area (Å²) in [6.07, 6.45) is 0. The summed E-state index contributed by atoms with van der Waals surface area (Å²) in [5, 5.41) is 0.837. The second kappa shape index (κ2) is 5.09. The number of nitrogens with zero attached hydrogens (tertiary/aromatic N) is 1. The molecule has 0 fully saturated rings. The van der Waals surface area contributed by atoms with Crippen LogP contribution in [0.5, 0.6) is 0 Å². The van der Waals surface area contributed by atoms with Crippen molar-refractivity contribution >= 4 is 23.3 Å². The first kappa shape index (κ1) is 12.7. The lowest BCUT2D eigenvalue weighted by atomic mass is 10.2. The number of pyridine rings is 1. The normalized spacial score (nSPS) is 10.1. The summed E-state index contributed by atoms with van der Waals surface area (Å²) in [4.78, 5) is 11.5. The van der Waals surface area contributed by atoms with Gasteiger partial charge in [-0.2, -0.15) is 0 Å². The average Bonchev–Trinajstić information content (AvgIpc) is 2.23. The predicted molar refractivity (Wildman–Crippen MR) is 64.5 cm³/mol. The lowest BCUT2D eigenvalue weighted by Gasteiger charge is -2.08. The maximum atomic E-state index is 13.0. The molecular formula is C11H12ClFN2O. The van der Waals surface area contributed by atoms with Crippen LogP contribution in [0, 0.1) is 5.82 Å². The third-order valence-corrected chi connectivity index (χ3v) is 2.31. The van der Waals surface area contributed by atoms with E-state index in [1.54, 1.807) is 12.1 Å². The Morgan fingerprint density at radius 1 is 1.25 bits per heavy atom. The van der Waals surface area contributed by atoms with Gasteiger partial charge in [0.05, 0.1) is 5.52 Å². The van der Waals surface area contributed by atoms with Crippen molar-refractivity contribution in [3.63, 3.8) is 0 Å². The summed E-state index contributed by atoms with van der Waals surface area (Å²) >= 11 is 0. The molecule has 2 N–H and O–H groups in total. The molecule has 0 saturated heterocycles. The molecule has 0 aliphatic carbocycles. The molecule has 0 aliphatic heterocycles. The maximum absolute atomic E-state index is 13.0. The van der Waals surface area contributed by atoms with Crippen LogP contribution in [0.1, 0.15) is 0 Å². The molecule has 0 spiro atoms. The lowest BCUT2D eigenvalue weighted by Crippen LogP contribution is -2.23. The van der Waals surface area contributed by atoms with Crippen LogP contribution in [0.2, 0.25) is 0 Å². The van der Waals surface area contributed by atoms with Crippen molar-refractivity contribution in [3.05, 3.63) is 46.5 Å². The van der Waals surface area contributed by atoms with Crippen LogP contribution in [-0.4, -0.2) is 11.1 Å². The van der Waals surface area contributed by atoms with Gasteiger partial charge >= 0.3 is 0 Å². The van der Waals surface area contributed by atoms with E-state index in [1.165, 1.54) is 22.8 Å². The van der Waals surface area contributed by atoms with E-state index >= 15 is 0 Å². The van der Waals surface area contributed by atoms with E-state index in [0.717, 1.165) is 5.39 Å². The number of hydrogen-bond donors (Lipinski definition) is 1. The number of hydrogen-bond acceptors (Lipinski definition) is 2. The van der Waals surface area contributed by atoms with Gasteiger partial charge in [-0.3, -0.25) is 4.79 Å². The first-order valence-electron chi connectivity index (χ1n) is 4.71. The molecule has 2 aromatic rings. The zero-order valence-electron chi connectivity index (χ0n) is 8.52. The molecular weight excluding hydrogens is 231 g/mol. The smallest absolute Gasteiger partial charge is 0.251 e. The van der Waals surface area contributed by atoms with Gasteiger partial charge in [0.15, 0.2) is 0 Å². The topological polar surface area (TPSA) is 48.0 Å². The highest BCUT2D eigenvalue weighted by molar-refractivity contribution is 5.85. The fraction of sp³-hybridized carbons (Fsp3) is 0.182. The Kier molecular flexibility index (Phi) is 4.04. The monoisotopic (exact) mass is 242 g/mol. The molecule has 0 unspecified atom stereocenters. The van der Waals surface area contributed by atoms with Gasteiger partial charge in [0, 0.05) is 19.2 Å². The number of aromatic nitrogens is 1. The quantitative estimate of drug-likeness (QED) is 0.868. The predicted octanol–water partition coefficient (Wildman–Crippen LogP) is 1.52. The van der Waals surface area contributed by atoms with Gasteiger partial charge in [-0.05, 0) is 29.7 Å². The molecule has 0 atom stereocenters. The molecule has 16 heavy (non-hydrogen) atoms. The summed E-state index contributed by atoms with van der Waals surface area (Å²) in [6, 6.07) is 7.53. The van der Waals surface area contributed by atoms with Gasteiger partial charge in [-0.15, -0.1) is 12.4 Å². The van der Waals surface area contributed by atoms with Crippen molar-refractivity contribution in [1.29, 1.82) is 0 Å². The second-order valence-corrected chi connectivity index (χ2v) is 3.32. The SMILES string of the molecule is Cl.NCCn1c(=O)ccc2ccc(F)cc21. The molecule has 1 aromatic heterocycles. The van der Waals surface area contributed by atoms with Gasteiger partial charge in [-0.1, -0.05) is 0 Å². The molecule has 0 amide bonds. The molecule has 3 nitrogen and oxygen atoms in total. The van der Waals surface area contributed by atoms with E-state index < -0.39 is 0 Å². The molecule has 2 rings (SSSR count). The molecule has 0 saturated carbocycles. The van der Waals surface area contributed by atoms with Crippen LogP contribution < -0.4 is 11.3 Å². The van der Waals surface area contributed by atoms with Crippen molar-refractivity contribution in [3.8, 4) is 0 Å². The van der Waals surface area contributed by atoms with Gasteiger partial charge < -0.3 is 10.3 Å². The van der Waals surface area contributed by atoms with Crippen molar-refractivity contribution in [2.75, 3.05) is 6.54 Å².